The summed E-state index contributed by atoms with van der Waals surface area (Å²) in [5.74, 6) is 0.0143. The van der Waals surface area contributed by atoms with E-state index in [9.17, 15) is 4.79 Å². The third-order valence-electron chi connectivity index (χ3n) is 3.45. The van der Waals surface area contributed by atoms with E-state index in [1.165, 1.54) is 0 Å². The smallest absolute Gasteiger partial charge is 0.335 e. The number of benzene rings is 1. The lowest BCUT2D eigenvalue weighted by Gasteiger charge is -2.08. The third kappa shape index (κ3) is 2.50. The summed E-state index contributed by atoms with van der Waals surface area (Å²) in [7, 11) is 0. The van der Waals surface area contributed by atoms with Crippen LogP contribution in [0.15, 0.2) is 42.7 Å². The highest BCUT2D eigenvalue weighted by Crippen LogP contribution is 2.20. The van der Waals surface area contributed by atoms with Crippen LogP contribution in [-0.4, -0.2) is 25.6 Å². The monoisotopic (exact) mass is 281 g/mol. The van der Waals surface area contributed by atoms with Crippen LogP contribution in [0.25, 0.3) is 11.0 Å². The fourth-order valence-corrected chi connectivity index (χ4v) is 2.43. The quantitative estimate of drug-likeness (QED) is 0.798. The van der Waals surface area contributed by atoms with Gasteiger partial charge in [0.2, 0.25) is 0 Å². The van der Waals surface area contributed by atoms with E-state index in [0.29, 0.717) is 6.54 Å². The number of aromatic nitrogens is 3. The molecule has 5 heteroatoms. The van der Waals surface area contributed by atoms with Crippen molar-refractivity contribution in [2.75, 3.05) is 0 Å². The van der Waals surface area contributed by atoms with Crippen molar-refractivity contribution in [3.8, 4) is 0 Å². The van der Waals surface area contributed by atoms with E-state index in [-0.39, 0.29) is 5.56 Å². The fourth-order valence-electron chi connectivity index (χ4n) is 2.43. The summed E-state index contributed by atoms with van der Waals surface area (Å²) < 4.78 is 2.05. The second-order valence-electron chi connectivity index (χ2n) is 4.84. The molecule has 0 aliphatic rings. The van der Waals surface area contributed by atoms with Gasteiger partial charge in [0.1, 0.15) is 5.82 Å². The van der Waals surface area contributed by atoms with Gasteiger partial charge in [0.15, 0.2) is 0 Å². The molecule has 0 fully saturated rings. The topological polar surface area (TPSA) is 68.0 Å². The zero-order valence-electron chi connectivity index (χ0n) is 11.7. The van der Waals surface area contributed by atoms with E-state index >= 15 is 0 Å². The number of pyridine rings is 1. The molecule has 1 aromatic carbocycles. The number of imidazole rings is 1. The minimum Gasteiger partial charge on any atom is -0.478 e. The summed E-state index contributed by atoms with van der Waals surface area (Å²) in [5, 5.41) is 9.15. The molecule has 0 bridgehead atoms. The summed E-state index contributed by atoms with van der Waals surface area (Å²) in [5.41, 5.74) is 3.00. The van der Waals surface area contributed by atoms with Crippen molar-refractivity contribution in [1.29, 1.82) is 0 Å². The van der Waals surface area contributed by atoms with Crippen molar-refractivity contribution >= 4 is 17.0 Å². The molecule has 0 spiro atoms. The molecular weight excluding hydrogens is 266 g/mol. The molecule has 2 aromatic heterocycles. The Morgan fingerprint density at radius 3 is 2.86 bits per heavy atom. The maximum Gasteiger partial charge on any atom is 0.335 e. The first-order valence-electron chi connectivity index (χ1n) is 6.80. The van der Waals surface area contributed by atoms with Crippen molar-refractivity contribution in [3.05, 3.63) is 59.7 Å². The number of carboxylic acid groups (broad SMARTS) is 1. The number of nitrogens with zero attached hydrogens (tertiary/aromatic N) is 3. The van der Waals surface area contributed by atoms with Crippen LogP contribution in [0.1, 0.15) is 28.7 Å². The molecule has 0 atom stereocenters. The molecule has 3 rings (SSSR count). The zero-order valence-corrected chi connectivity index (χ0v) is 11.7. The lowest BCUT2D eigenvalue weighted by molar-refractivity contribution is 0.0697. The van der Waals surface area contributed by atoms with Gasteiger partial charge in [-0.2, -0.15) is 0 Å². The second-order valence-corrected chi connectivity index (χ2v) is 4.84. The van der Waals surface area contributed by atoms with Gasteiger partial charge < -0.3 is 9.67 Å². The molecule has 0 aliphatic carbocycles. The van der Waals surface area contributed by atoms with Crippen LogP contribution >= 0.6 is 0 Å². The van der Waals surface area contributed by atoms with Crippen LogP contribution < -0.4 is 0 Å². The molecule has 0 saturated carbocycles. The first kappa shape index (κ1) is 13.3. The van der Waals surface area contributed by atoms with Gasteiger partial charge in [0, 0.05) is 18.8 Å². The Balaban J connectivity index is 2.14. The molecule has 0 amide bonds. The van der Waals surface area contributed by atoms with Crippen molar-refractivity contribution in [3.63, 3.8) is 0 Å². The summed E-state index contributed by atoms with van der Waals surface area (Å²) in [6.45, 7) is 2.68. The average Bonchev–Trinajstić information content (AvgIpc) is 2.85. The van der Waals surface area contributed by atoms with Crippen LogP contribution in [0.5, 0.6) is 0 Å². The molecule has 106 valence electrons. The van der Waals surface area contributed by atoms with Gasteiger partial charge in [-0.25, -0.2) is 9.78 Å². The van der Waals surface area contributed by atoms with E-state index in [2.05, 4.69) is 14.5 Å². The van der Waals surface area contributed by atoms with E-state index < -0.39 is 5.97 Å². The summed E-state index contributed by atoms with van der Waals surface area (Å²) >= 11 is 0. The minimum absolute atomic E-state index is 0.275. The van der Waals surface area contributed by atoms with Crippen molar-refractivity contribution in [1.82, 2.24) is 14.5 Å². The van der Waals surface area contributed by atoms with Crippen LogP contribution in [-0.2, 0) is 13.0 Å². The van der Waals surface area contributed by atoms with Crippen LogP contribution in [0, 0.1) is 0 Å². The molecule has 0 aliphatic heterocycles. The molecule has 2 heterocycles. The van der Waals surface area contributed by atoms with Crippen molar-refractivity contribution in [2.24, 2.45) is 0 Å². The highest BCUT2D eigenvalue weighted by molar-refractivity contribution is 5.92. The molecule has 0 saturated heterocycles. The largest absolute Gasteiger partial charge is 0.478 e. The number of fused-ring (bicyclic) bond motifs is 1. The van der Waals surface area contributed by atoms with Crippen molar-refractivity contribution < 1.29 is 9.90 Å². The Kier molecular flexibility index (Phi) is 3.39. The fraction of sp³-hybridized carbons (Fsp3) is 0.188. The highest BCUT2D eigenvalue weighted by Gasteiger charge is 2.12. The Bertz CT molecular complexity index is 794. The Morgan fingerprint density at radius 1 is 1.33 bits per heavy atom. The standard InChI is InChI=1S/C16H15N3O2/c1-2-15-18-13-6-5-12(16(20)21)8-14(13)19(15)10-11-4-3-7-17-9-11/h3-9H,2,10H2,1H3,(H,20,21). The second kappa shape index (κ2) is 5.36. The molecule has 3 aromatic rings. The SMILES string of the molecule is CCc1nc2ccc(C(=O)O)cc2n1Cc1cccnc1. The average molecular weight is 281 g/mol. The minimum atomic E-state index is -0.927. The van der Waals surface area contributed by atoms with E-state index in [4.69, 9.17) is 5.11 Å². The maximum atomic E-state index is 11.2. The summed E-state index contributed by atoms with van der Waals surface area (Å²) in [6, 6.07) is 8.92. The number of rotatable bonds is 4. The van der Waals surface area contributed by atoms with Gasteiger partial charge in [-0.15, -0.1) is 0 Å². The molecule has 5 nitrogen and oxygen atoms in total. The third-order valence-corrected chi connectivity index (χ3v) is 3.45. The van der Waals surface area contributed by atoms with Gasteiger partial charge in [-0.05, 0) is 29.8 Å². The van der Waals surface area contributed by atoms with Gasteiger partial charge >= 0.3 is 5.97 Å². The van der Waals surface area contributed by atoms with Gasteiger partial charge in [-0.3, -0.25) is 4.98 Å². The Hall–Kier alpha value is -2.69. The number of carbonyl (C=O) groups is 1. The van der Waals surface area contributed by atoms with Gasteiger partial charge in [0.25, 0.3) is 0 Å². The lowest BCUT2D eigenvalue weighted by Crippen LogP contribution is -2.05. The molecular formula is C16H15N3O2. The van der Waals surface area contributed by atoms with Crippen LogP contribution in [0.2, 0.25) is 0 Å². The van der Waals surface area contributed by atoms with Crippen LogP contribution in [0.4, 0.5) is 0 Å². The Morgan fingerprint density at radius 2 is 2.19 bits per heavy atom. The lowest BCUT2D eigenvalue weighted by atomic mass is 10.2. The normalized spacial score (nSPS) is 10.9. The van der Waals surface area contributed by atoms with E-state index in [1.807, 2.05) is 25.3 Å². The van der Waals surface area contributed by atoms with Gasteiger partial charge in [-0.1, -0.05) is 13.0 Å². The highest BCUT2D eigenvalue weighted by atomic mass is 16.4. The predicted molar refractivity (Wildman–Crippen MR) is 79.4 cm³/mol. The number of aromatic carboxylic acids is 1. The van der Waals surface area contributed by atoms with Crippen molar-refractivity contribution in [2.45, 2.75) is 19.9 Å². The number of hydrogen-bond donors (Lipinski definition) is 1. The molecule has 1 N–H and O–H groups in total. The van der Waals surface area contributed by atoms with E-state index in [0.717, 1.165) is 28.8 Å². The van der Waals surface area contributed by atoms with Gasteiger partial charge in [0.05, 0.1) is 23.1 Å². The number of hydrogen-bond acceptors (Lipinski definition) is 3. The molecule has 0 unspecified atom stereocenters. The summed E-state index contributed by atoms with van der Waals surface area (Å²) in [6.07, 6.45) is 4.34. The zero-order chi connectivity index (χ0) is 14.8. The first-order chi connectivity index (χ1) is 10.2. The summed E-state index contributed by atoms with van der Waals surface area (Å²) in [4.78, 5) is 19.8. The molecule has 0 radical (unpaired) electrons. The van der Waals surface area contributed by atoms with Crippen LogP contribution in [0.3, 0.4) is 0 Å². The Labute approximate surface area is 121 Å². The predicted octanol–water partition coefficient (Wildman–Crippen LogP) is 2.74. The first-order valence-corrected chi connectivity index (χ1v) is 6.80. The number of aryl methyl sites for hydroxylation is 1. The number of carboxylic acids is 1. The van der Waals surface area contributed by atoms with E-state index in [1.54, 1.807) is 24.4 Å². The molecule has 21 heavy (non-hydrogen) atoms. The maximum absolute atomic E-state index is 11.2.